The van der Waals surface area contributed by atoms with Crippen LogP contribution in [0.25, 0.3) is 11.3 Å². The number of hydrogen-bond donors (Lipinski definition) is 2. The summed E-state index contributed by atoms with van der Waals surface area (Å²) in [6.07, 6.45) is 0. The zero-order valence-electron chi connectivity index (χ0n) is 13.1. The van der Waals surface area contributed by atoms with Crippen LogP contribution in [0, 0.1) is 0 Å². The van der Waals surface area contributed by atoms with Crippen molar-refractivity contribution < 1.29 is 9.47 Å². The van der Waals surface area contributed by atoms with Crippen LogP contribution in [0.4, 0.5) is 5.82 Å². The summed E-state index contributed by atoms with van der Waals surface area (Å²) in [4.78, 5) is 4.61. The molecule has 0 aliphatic rings. The first-order chi connectivity index (χ1) is 9.81. The van der Waals surface area contributed by atoms with Crippen molar-refractivity contribution in [1.82, 2.24) is 9.66 Å². The minimum Gasteiger partial charge on any atom is -0.493 e. The third kappa shape index (κ3) is 2.49. The van der Waals surface area contributed by atoms with E-state index >= 15 is 0 Å². The second kappa shape index (κ2) is 5.20. The predicted octanol–water partition coefficient (Wildman–Crippen LogP) is 2.16. The van der Waals surface area contributed by atoms with E-state index in [1.54, 1.807) is 14.2 Å². The van der Waals surface area contributed by atoms with Gasteiger partial charge in [-0.3, -0.25) is 0 Å². The molecule has 0 saturated heterocycles. The summed E-state index contributed by atoms with van der Waals surface area (Å²) in [5, 5.41) is 0. The summed E-state index contributed by atoms with van der Waals surface area (Å²) in [5.74, 6) is 8.36. The topological polar surface area (TPSA) is 88.3 Å². The molecule has 2 rings (SSSR count). The van der Waals surface area contributed by atoms with Crippen molar-refractivity contribution in [1.29, 1.82) is 0 Å². The normalized spacial score (nSPS) is 11.5. The van der Waals surface area contributed by atoms with E-state index in [-0.39, 0.29) is 5.41 Å². The molecule has 1 heterocycles. The second-order valence-electron chi connectivity index (χ2n) is 5.83. The molecular weight excluding hydrogens is 268 g/mol. The number of nitrogen functional groups attached to an aromatic ring is 2. The molecule has 0 radical (unpaired) electrons. The first kappa shape index (κ1) is 15.0. The Bertz CT molecular complexity index is 656. The Labute approximate surface area is 124 Å². The van der Waals surface area contributed by atoms with Crippen molar-refractivity contribution >= 4 is 5.82 Å². The minimum absolute atomic E-state index is 0.215. The molecule has 21 heavy (non-hydrogen) atoms. The van der Waals surface area contributed by atoms with Crippen molar-refractivity contribution in [3.8, 4) is 22.8 Å². The van der Waals surface area contributed by atoms with Gasteiger partial charge in [0.05, 0.1) is 14.2 Å². The third-order valence-corrected chi connectivity index (χ3v) is 3.28. The van der Waals surface area contributed by atoms with Gasteiger partial charge >= 0.3 is 0 Å². The lowest BCUT2D eigenvalue weighted by molar-refractivity contribution is 0.356. The minimum atomic E-state index is -0.215. The smallest absolute Gasteiger partial charge is 0.170 e. The average Bonchev–Trinajstić information content (AvgIpc) is 2.74. The number of imidazole rings is 1. The Kier molecular flexibility index (Phi) is 3.72. The van der Waals surface area contributed by atoms with Gasteiger partial charge in [-0.05, 0) is 12.1 Å². The molecule has 6 nitrogen and oxygen atoms in total. The molecule has 1 aromatic carbocycles. The van der Waals surface area contributed by atoms with Gasteiger partial charge < -0.3 is 21.1 Å². The van der Waals surface area contributed by atoms with Crippen molar-refractivity contribution in [3.05, 3.63) is 24.0 Å². The molecule has 2 aromatic rings. The highest BCUT2D eigenvalue weighted by Crippen LogP contribution is 2.40. The summed E-state index contributed by atoms with van der Waals surface area (Å²) >= 11 is 0. The van der Waals surface area contributed by atoms with E-state index in [2.05, 4.69) is 4.98 Å². The van der Waals surface area contributed by atoms with Crippen LogP contribution in [-0.4, -0.2) is 23.9 Å². The number of nitrogens with two attached hydrogens (primary N) is 2. The Morgan fingerprint density at radius 2 is 1.81 bits per heavy atom. The van der Waals surface area contributed by atoms with Crippen LogP contribution in [0.5, 0.6) is 11.5 Å². The van der Waals surface area contributed by atoms with Gasteiger partial charge in [-0.15, -0.1) is 0 Å². The zero-order valence-corrected chi connectivity index (χ0v) is 13.1. The molecule has 0 saturated carbocycles. The lowest BCUT2D eigenvalue weighted by Gasteiger charge is -2.17. The molecule has 0 atom stereocenters. The van der Waals surface area contributed by atoms with Gasteiger partial charge in [-0.2, -0.15) is 0 Å². The van der Waals surface area contributed by atoms with Gasteiger partial charge in [0.15, 0.2) is 17.3 Å². The number of rotatable bonds is 3. The quantitative estimate of drug-likeness (QED) is 0.846. The molecule has 1 aromatic heterocycles. The number of para-hydroxylation sites is 1. The molecule has 0 aliphatic heterocycles. The van der Waals surface area contributed by atoms with Gasteiger partial charge in [-0.25, -0.2) is 9.66 Å². The summed E-state index contributed by atoms with van der Waals surface area (Å²) in [7, 11) is 3.18. The first-order valence-electron chi connectivity index (χ1n) is 6.66. The van der Waals surface area contributed by atoms with Gasteiger partial charge in [0.1, 0.15) is 11.5 Å². The maximum Gasteiger partial charge on any atom is 0.170 e. The number of anilines is 1. The number of ether oxygens (including phenoxy) is 2. The molecule has 0 aliphatic carbocycles. The maximum atomic E-state index is 6.13. The lowest BCUT2D eigenvalue weighted by Crippen LogP contribution is -2.24. The second-order valence-corrected chi connectivity index (χ2v) is 5.83. The maximum absolute atomic E-state index is 6.13. The van der Waals surface area contributed by atoms with Crippen LogP contribution in [-0.2, 0) is 5.41 Å². The monoisotopic (exact) mass is 290 g/mol. The molecule has 0 spiro atoms. The lowest BCUT2D eigenvalue weighted by atomic mass is 9.96. The van der Waals surface area contributed by atoms with Gasteiger partial charge in [0.25, 0.3) is 0 Å². The van der Waals surface area contributed by atoms with Crippen molar-refractivity contribution in [2.24, 2.45) is 0 Å². The van der Waals surface area contributed by atoms with Gasteiger partial charge in [-0.1, -0.05) is 26.8 Å². The van der Waals surface area contributed by atoms with Gasteiger partial charge in [0.2, 0.25) is 0 Å². The number of methoxy groups -OCH3 is 2. The highest BCUT2D eigenvalue weighted by Gasteiger charge is 2.26. The number of aromatic nitrogens is 2. The summed E-state index contributed by atoms with van der Waals surface area (Å²) in [6.45, 7) is 6.10. The number of benzene rings is 1. The Balaban J connectivity index is 2.69. The van der Waals surface area contributed by atoms with Crippen LogP contribution in [0.15, 0.2) is 18.2 Å². The van der Waals surface area contributed by atoms with E-state index in [9.17, 15) is 0 Å². The van der Waals surface area contributed by atoms with E-state index < -0.39 is 0 Å². The van der Waals surface area contributed by atoms with Crippen molar-refractivity contribution in [3.63, 3.8) is 0 Å². The van der Waals surface area contributed by atoms with E-state index in [4.69, 9.17) is 21.1 Å². The predicted molar refractivity (Wildman–Crippen MR) is 84.0 cm³/mol. The van der Waals surface area contributed by atoms with Crippen LogP contribution in [0.2, 0.25) is 0 Å². The highest BCUT2D eigenvalue weighted by atomic mass is 16.5. The standard InChI is InChI=1S/C15H22N4O2/c1-15(2,3)14-18-11(13(16)19(14)17)9-7-6-8-10(20-4)12(9)21-5/h6-8H,16-17H2,1-5H3. The highest BCUT2D eigenvalue weighted by molar-refractivity contribution is 5.78. The SMILES string of the molecule is COc1cccc(-c2nc(C(C)(C)C)n(N)c2N)c1OC. The Morgan fingerprint density at radius 1 is 1.14 bits per heavy atom. The molecule has 114 valence electrons. The zero-order chi connectivity index (χ0) is 15.8. The molecule has 0 amide bonds. The first-order valence-corrected chi connectivity index (χ1v) is 6.66. The summed E-state index contributed by atoms with van der Waals surface area (Å²) in [5.41, 5.74) is 7.26. The van der Waals surface area contributed by atoms with E-state index in [1.165, 1.54) is 4.68 Å². The molecular formula is C15H22N4O2. The molecule has 6 heteroatoms. The van der Waals surface area contributed by atoms with Gasteiger partial charge in [0, 0.05) is 11.0 Å². The largest absolute Gasteiger partial charge is 0.493 e. The number of hydrogen-bond acceptors (Lipinski definition) is 5. The molecule has 0 unspecified atom stereocenters. The number of nitrogens with zero attached hydrogens (tertiary/aromatic N) is 2. The third-order valence-electron chi connectivity index (χ3n) is 3.28. The van der Waals surface area contributed by atoms with Crippen LogP contribution >= 0.6 is 0 Å². The van der Waals surface area contributed by atoms with Crippen LogP contribution in [0.1, 0.15) is 26.6 Å². The summed E-state index contributed by atoms with van der Waals surface area (Å²) in [6, 6.07) is 5.57. The van der Waals surface area contributed by atoms with Crippen molar-refractivity contribution in [2.45, 2.75) is 26.2 Å². The van der Waals surface area contributed by atoms with E-state index in [0.717, 1.165) is 5.56 Å². The fraction of sp³-hybridized carbons (Fsp3) is 0.400. The molecule has 0 bridgehead atoms. The Hall–Kier alpha value is -2.37. The van der Waals surface area contributed by atoms with E-state index in [1.807, 2.05) is 39.0 Å². The molecule has 0 fully saturated rings. The fourth-order valence-corrected chi connectivity index (χ4v) is 2.25. The molecule has 4 N–H and O–H groups in total. The van der Waals surface area contributed by atoms with E-state index in [0.29, 0.717) is 28.8 Å². The van der Waals surface area contributed by atoms with Crippen molar-refractivity contribution in [2.75, 3.05) is 25.8 Å². The van der Waals surface area contributed by atoms with Crippen LogP contribution in [0.3, 0.4) is 0 Å². The Morgan fingerprint density at radius 3 is 2.29 bits per heavy atom. The van der Waals surface area contributed by atoms with Crippen LogP contribution < -0.4 is 21.1 Å². The fourth-order valence-electron chi connectivity index (χ4n) is 2.25. The summed E-state index contributed by atoms with van der Waals surface area (Å²) < 4.78 is 12.2. The average molecular weight is 290 g/mol.